The zero-order chi connectivity index (χ0) is 19.9. The molecule has 0 atom stereocenters. The zero-order valence-electron chi connectivity index (χ0n) is 19.5. The molecule has 1 fully saturated rings. The predicted molar refractivity (Wildman–Crippen MR) is 115 cm³/mol. The molecule has 1 aliphatic rings. The van der Waals surface area contributed by atoms with Crippen molar-refractivity contribution in [2.75, 3.05) is 0 Å². The highest BCUT2D eigenvalue weighted by molar-refractivity contribution is 5.01. The summed E-state index contributed by atoms with van der Waals surface area (Å²) in [4.78, 5) is 0. The minimum absolute atomic E-state index is 0.216. The van der Waals surface area contributed by atoms with E-state index in [1.54, 1.807) is 0 Å². The highest BCUT2D eigenvalue weighted by atomic mass is 14.5. The molecule has 0 N–H and O–H groups in total. The van der Waals surface area contributed by atoms with E-state index in [2.05, 4.69) is 88.8 Å². The number of allylic oxidation sites excluding steroid dienone is 1. The summed E-state index contributed by atoms with van der Waals surface area (Å²) in [6, 6.07) is 0. The van der Waals surface area contributed by atoms with Crippen molar-refractivity contribution < 1.29 is 0 Å². The van der Waals surface area contributed by atoms with Crippen molar-refractivity contribution in [2.24, 2.45) is 32.5 Å². The van der Waals surface area contributed by atoms with Gasteiger partial charge in [-0.25, -0.2) is 0 Å². The standard InChI is InChI=1S/C25H48/c1-13-25(12)18-23(8,9)16-21(4,5)14-20(2,3)15-22(6,7)17-24(10,11)19-25/h13H,1,14-19H2,2-12H3. The van der Waals surface area contributed by atoms with Gasteiger partial charge in [-0.1, -0.05) is 82.2 Å². The molecule has 1 saturated carbocycles. The fourth-order valence-corrected chi connectivity index (χ4v) is 7.89. The van der Waals surface area contributed by atoms with Crippen LogP contribution in [-0.2, 0) is 0 Å². The maximum atomic E-state index is 4.25. The Morgan fingerprint density at radius 1 is 0.440 bits per heavy atom. The fourth-order valence-electron chi connectivity index (χ4n) is 7.89. The first kappa shape index (κ1) is 22.8. The van der Waals surface area contributed by atoms with Gasteiger partial charge < -0.3 is 0 Å². The predicted octanol–water partition coefficient (Wildman–Crippen LogP) is 8.66. The van der Waals surface area contributed by atoms with Gasteiger partial charge in [-0.3, -0.25) is 0 Å². The zero-order valence-corrected chi connectivity index (χ0v) is 19.5. The van der Waals surface area contributed by atoms with Crippen molar-refractivity contribution in [1.29, 1.82) is 0 Å². The molecule has 0 nitrogen and oxygen atoms in total. The fraction of sp³-hybridized carbons (Fsp3) is 0.920. The minimum atomic E-state index is 0.216. The monoisotopic (exact) mass is 348 g/mol. The third-order valence-corrected chi connectivity index (χ3v) is 6.09. The largest absolute Gasteiger partial charge is 0.103 e. The van der Waals surface area contributed by atoms with Crippen LogP contribution in [0.4, 0.5) is 0 Å². The minimum Gasteiger partial charge on any atom is -0.103 e. The second kappa shape index (κ2) is 6.72. The molecule has 0 radical (unpaired) electrons. The number of hydrogen-bond donors (Lipinski definition) is 0. The lowest BCUT2D eigenvalue weighted by molar-refractivity contribution is 0.0286. The Morgan fingerprint density at radius 2 is 0.640 bits per heavy atom. The lowest BCUT2D eigenvalue weighted by Crippen LogP contribution is -2.38. The van der Waals surface area contributed by atoms with Crippen molar-refractivity contribution in [3.63, 3.8) is 0 Å². The van der Waals surface area contributed by atoms with Crippen LogP contribution in [0.3, 0.4) is 0 Å². The smallest absolute Gasteiger partial charge is 0.0139 e. The molecule has 1 rings (SSSR count). The highest BCUT2D eigenvalue weighted by Crippen LogP contribution is 2.54. The molecule has 0 spiro atoms. The summed E-state index contributed by atoms with van der Waals surface area (Å²) in [5.41, 5.74) is 2.04. The van der Waals surface area contributed by atoms with E-state index < -0.39 is 0 Å². The Kier molecular flexibility index (Phi) is 6.12. The maximum absolute atomic E-state index is 4.25. The summed E-state index contributed by atoms with van der Waals surface area (Å²) in [5.74, 6) is 0. The Bertz CT molecular complexity index is 434. The molecule has 0 saturated heterocycles. The first-order valence-corrected chi connectivity index (χ1v) is 10.4. The molecule has 0 heterocycles. The van der Waals surface area contributed by atoms with E-state index in [1.165, 1.54) is 38.5 Å². The quantitative estimate of drug-likeness (QED) is 0.416. The topological polar surface area (TPSA) is 0 Å². The number of hydrogen-bond acceptors (Lipinski definition) is 0. The highest BCUT2D eigenvalue weighted by Gasteiger charge is 2.43. The summed E-state index contributed by atoms with van der Waals surface area (Å²) in [6.45, 7) is 31.6. The van der Waals surface area contributed by atoms with Gasteiger partial charge in [0.25, 0.3) is 0 Å². The molecule has 0 heteroatoms. The van der Waals surface area contributed by atoms with Gasteiger partial charge in [-0.2, -0.15) is 0 Å². The van der Waals surface area contributed by atoms with Crippen LogP contribution in [0.5, 0.6) is 0 Å². The van der Waals surface area contributed by atoms with Crippen LogP contribution in [0.25, 0.3) is 0 Å². The molecule has 0 aromatic carbocycles. The molecule has 148 valence electrons. The summed E-state index contributed by atoms with van der Waals surface area (Å²) in [7, 11) is 0. The molecular formula is C25H48. The van der Waals surface area contributed by atoms with Crippen molar-refractivity contribution in [3.8, 4) is 0 Å². The van der Waals surface area contributed by atoms with Crippen molar-refractivity contribution in [2.45, 2.75) is 115 Å². The molecule has 0 bridgehead atoms. The molecule has 0 aromatic heterocycles. The molecule has 0 unspecified atom stereocenters. The van der Waals surface area contributed by atoms with Crippen molar-refractivity contribution >= 4 is 0 Å². The Balaban J connectivity index is 3.32. The Morgan fingerprint density at radius 3 is 0.840 bits per heavy atom. The van der Waals surface area contributed by atoms with Crippen LogP contribution in [-0.4, -0.2) is 0 Å². The van der Waals surface area contributed by atoms with Crippen LogP contribution in [0.1, 0.15) is 115 Å². The van der Waals surface area contributed by atoms with Gasteiger partial charge >= 0.3 is 0 Å². The Labute approximate surface area is 160 Å². The second-order valence-electron chi connectivity index (χ2n) is 13.7. The van der Waals surface area contributed by atoms with Crippen LogP contribution in [0, 0.1) is 32.5 Å². The first-order valence-electron chi connectivity index (χ1n) is 10.4. The van der Waals surface area contributed by atoms with E-state index >= 15 is 0 Å². The summed E-state index contributed by atoms with van der Waals surface area (Å²) >= 11 is 0. The molecular weight excluding hydrogens is 300 g/mol. The van der Waals surface area contributed by atoms with E-state index in [0.29, 0.717) is 27.1 Å². The maximum Gasteiger partial charge on any atom is -0.0139 e. The lowest BCUT2D eigenvalue weighted by Gasteiger charge is -2.49. The van der Waals surface area contributed by atoms with E-state index in [1.807, 2.05) is 0 Å². The van der Waals surface area contributed by atoms with E-state index in [9.17, 15) is 0 Å². The molecule has 25 heavy (non-hydrogen) atoms. The SMILES string of the molecule is C=CC1(C)CC(C)(C)CC(C)(C)CC(C)(C)CC(C)(C)CC(C)(C)C1. The van der Waals surface area contributed by atoms with Gasteiger partial charge in [-0.15, -0.1) is 6.58 Å². The van der Waals surface area contributed by atoms with Gasteiger partial charge in [-0.05, 0) is 71.0 Å². The third kappa shape index (κ3) is 7.48. The van der Waals surface area contributed by atoms with E-state index in [4.69, 9.17) is 0 Å². The lowest BCUT2D eigenvalue weighted by atomic mass is 9.56. The van der Waals surface area contributed by atoms with E-state index in [0.717, 1.165) is 0 Å². The van der Waals surface area contributed by atoms with Gasteiger partial charge in [0.1, 0.15) is 0 Å². The average molecular weight is 349 g/mol. The van der Waals surface area contributed by atoms with Crippen molar-refractivity contribution in [1.82, 2.24) is 0 Å². The molecule has 0 amide bonds. The van der Waals surface area contributed by atoms with Gasteiger partial charge in [0.05, 0.1) is 0 Å². The second-order valence-corrected chi connectivity index (χ2v) is 13.7. The van der Waals surface area contributed by atoms with Gasteiger partial charge in [0.2, 0.25) is 0 Å². The molecule has 0 aromatic rings. The van der Waals surface area contributed by atoms with Gasteiger partial charge in [0, 0.05) is 0 Å². The average Bonchev–Trinajstić information content (AvgIpc) is 2.17. The summed E-state index contributed by atoms with van der Waals surface area (Å²) in [5, 5.41) is 0. The third-order valence-electron chi connectivity index (χ3n) is 6.09. The summed E-state index contributed by atoms with van der Waals surface area (Å²) < 4.78 is 0. The molecule has 1 aliphatic carbocycles. The van der Waals surface area contributed by atoms with Crippen molar-refractivity contribution in [3.05, 3.63) is 12.7 Å². The van der Waals surface area contributed by atoms with Gasteiger partial charge in [0.15, 0.2) is 0 Å². The normalized spacial score (nSPS) is 30.5. The van der Waals surface area contributed by atoms with Crippen LogP contribution in [0.15, 0.2) is 12.7 Å². The van der Waals surface area contributed by atoms with E-state index in [-0.39, 0.29) is 5.41 Å². The van der Waals surface area contributed by atoms with Crippen LogP contribution < -0.4 is 0 Å². The van der Waals surface area contributed by atoms with Crippen LogP contribution in [0.2, 0.25) is 0 Å². The Hall–Kier alpha value is -0.260. The van der Waals surface area contributed by atoms with Crippen LogP contribution >= 0.6 is 0 Å². The summed E-state index contributed by atoms with van der Waals surface area (Å²) in [6.07, 6.45) is 9.90. The first-order chi connectivity index (χ1) is 10.8. The number of rotatable bonds is 1. The molecule has 0 aliphatic heterocycles.